The first-order valence-electron chi connectivity index (χ1n) is 7.48. The predicted octanol–water partition coefficient (Wildman–Crippen LogP) is -0.404. The van der Waals surface area contributed by atoms with Crippen LogP contribution in [0.2, 0.25) is 0 Å². The van der Waals surface area contributed by atoms with Gasteiger partial charge in [0.1, 0.15) is 0 Å². The van der Waals surface area contributed by atoms with Crippen LogP contribution in [0.4, 0.5) is 0 Å². The summed E-state index contributed by atoms with van der Waals surface area (Å²) in [6.45, 7) is 5.23. The highest BCUT2D eigenvalue weighted by Crippen LogP contribution is 2.22. The van der Waals surface area contributed by atoms with Gasteiger partial charge in [-0.05, 0) is 19.4 Å². The number of carbonyl (C=O) groups is 2. The number of nitrogens with one attached hydrogen (secondary N) is 2. The van der Waals surface area contributed by atoms with Crippen molar-refractivity contribution >= 4 is 11.8 Å². The quantitative estimate of drug-likeness (QED) is 0.736. The molecule has 2 rings (SSSR count). The monoisotopic (exact) mass is 283 g/mol. The smallest absolute Gasteiger partial charge is 0.229 e. The minimum Gasteiger partial charge on any atom is -0.379 e. The largest absolute Gasteiger partial charge is 0.379 e. The second kappa shape index (κ2) is 7.04. The maximum atomic E-state index is 12.6. The van der Waals surface area contributed by atoms with Gasteiger partial charge in [0.25, 0.3) is 0 Å². The average molecular weight is 283 g/mol. The van der Waals surface area contributed by atoms with Crippen LogP contribution in [-0.4, -0.2) is 62.7 Å². The number of piperidine rings is 1. The fraction of sp³-hybridized carbons (Fsp3) is 0.857. The van der Waals surface area contributed by atoms with Gasteiger partial charge in [-0.1, -0.05) is 6.92 Å². The summed E-state index contributed by atoms with van der Waals surface area (Å²) in [5.74, 6) is -0.0218. The Hall–Kier alpha value is -1.14. The maximum absolute atomic E-state index is 12.6. The van der Waals surface area contributed by atoms with Crippen LogP contribution >= 0.6 is 0 Å². The molecular formula is C14H25N3O3. The van der Waals surface area contributed by atoms with Crippen LogP contribution in [0.5, 0.6) is 0 Å². The van der Waals surface area contributed by atoms with E-state index in [0.717, 1.165) is 25.9 Å². The summed E-state index contributed by atoms with van der Waals surface area (Å²) in [6, 6.07) is 0.105. The molecule has 0 saturated carbocycles. The highest BCUT2D eigenvalue weighted by molar-refractivity contribution is 5.82. The lowest BCUT2D eigenvalue weighted by Crippen LogP contribution is -2.50. The Morgan fingerprint density at radius 3 is 2.85 bits per heavy atom. The third kappa shape index (κ3) is 3.30. The van der Waals surface area contributed by atoms with Crippen LogP contribution in [0.1, 0.15) is 19.8 Å². The molecule has 6 heteroatoms. The van der Waals surface area contributed by atoms with Crippen molar-refractivity contribution in [1.82, 2.24) is 15.5 Å². The van der Waals surface area contributed by atoms with Gasteiger partial charge in [-0.25, -0.2) is 0 Å². The zero-order chi connectivity index (χ0) is 14.5. The number of nitrogens with zero attached hydrogens (tertiary/aromatic N) is 1. The first-order chi connectivity index (χ1) is 9.67. The molecule has 2 N–H and O–H groups in total. The Labute approximate surface area is 120 Å². The van der Waals surface area contributed by atoms with E-state index in [1.54, 1.807) is 7.05 Å². The highest BCUT2D eigenvalue weighted by atomic mass is 16.5. The number of hydrogen-bond donors (Lipinski definition) is 2. The van der Waals surface area contributed by atoms with E-state index >= 15 is 0 Å². The average Bonchev–Trinajstić information content (AvgIpc) is 2.94. The second-order valence-corrected chi connectivity index (χ2v) is 5.55. The summed E-state index contributed by atoms with van der Waals surface area (Å²) < 4.78 is 5.44. The molecule has 0 aromatic heterocycles. The van der Waals surface area contributed by atoms with Crippen LogP contribution in [-0.2, 0) is 14.3 Å². The molecule has 2 saturated heterocycles. The number of likely N-dealkylation sites (tertiary alicyclic amines) is 1. The Balaban J connectivity index is 1.96. The molecule has 2 aliphatic heterocycles. The standard InChI is InChI=1S/C14H25N3O3/c1-3-16-12-9-20-8-11(12)14(19)17-6-4-5-10(7-17)13(18)15-2/h10-12,16H,3-9H2,1-2H3,(H,15,18). The van der Waals surface area contributed by atoms with Gasteiger partial charge in [0.2, 0.25) is 11.8 Å². The molecule has 2 fully saturated rings. The molecule has 0 aliphatic carbocycles. The van der Waals surface area contributed by atoms with Gasteiger partial charge in [0.15, 0.2) is 0 Å². The zero-order valence-corrected chi connectivity index (χ0v) is 12.4. The summed E-state index contributed by atoms with van der Waals surface area (Å²) in [5, 5.41) is 5.99. The molecule has 2 heterocycles. The zero-order valence-electron chi connectivity index (χ0n) is 12.4. The van der Waals surface area contributed by atoms with Crippen molar-refractivity contribution in [3.8, 4) is 0 Å². The number of rotatable bonds is 4. The predicted molar refractivity (Wildman–Crippen MR) is 75.1 cm³/mol. The highest BCUT2D eigenvalue weighted by Gasteiger charge is 2.38. The molecule has 3 atom stereocenters. The topological polar surface area (TPSA) is 70.7 Å². The van der Waals surface area contributed by atoms with Gasteiger partial charge in [-0.3, -0.25) is 9.59 Å². The van der Waals surface area contributed by atoms with E-state index in [9.17, 15) is 9.59 Å². The summed E-state index contributed by atoms with van der Waals surface area (Å²) >= 11 is 0. The second-order valence-electron chi connectivity index (χ2n) is 5.55. The van der Waals surface area contributed by atoms with Crippen LogP contribution in [0, 0.1) is 11.8 Å². The van der Waals surface area contributed by atoms with E-state index in [1.807, 2.05) is 11.8 Å². The lowest BCUT2D eigenvalue weighted by Gasteiger charge is -2.34. The van der Waals surface area contributed by atoms with Crippen molar-refractivity contribution in [1.29, 1.82) is 0 Å². The van der Waals surface area contributed by atoms with Gasteiger partial charge in [-0.2, -0.15) is 0 Å². The molecule has 0 spiro atoms. The van der Waals surface area contributed by atoms with Gasteiger partial charge < -0.3 is 20.3 Å². The SMILES string of the molecule is CCNC1COCC1C(=O)N1CCCC(C(=O)NC)C1. The first kappa shape index (κ1) is 15.3. The van der Waals surface area contributed by atoms with E-state index in [0.29, 0.717) is 19.8 Å². The molecule has 0 bridgehead atoms. The summed E-state index contributed by atoms with van der Waals surface area (Å²) in [5.41, 5.74) is 0. The van der Waals surface area contributed by atoms with Crippen molar-refractivity contribution in [2.75, 3.05) is 39.9 Å². The van der Waals surface area contributed by atoms with E-state index in [4.69, 9.17) is 4.74 Å². The van der Waals surface area contributed by atoms with Crippen LogP contribution in [0.25, 0.3) is 0 Å². The van der Waals surface area contributed by atoms with Crippen molar-refractivity contribution in [3.63, 3.8) is 0 Å². The Morgan fingerprint density at radius 2 is 2.15 bits per heavy atom. The van der Waals surface area contributed by atoms with E-state index in [1.165, 1.54) is 0 Å². The van der Waals surface area contributed by atoms with Gasteiger partial charge in [0, 0.05) is 26.2 Å². The fourth-order valence-electron chi connectivity index (χ4n) is 3.09. The minimum atomic E-state index is -0.113. The summed E-state index contributed by atoms with van der Waals surface area (Å²) in [6.07, 6.45) is 1.75. The van der Waals surface area contributed by atoms with E-state index in [2.05, 4.69) is 10.6 Å². The Kier molecular flexibility index (Phi) is 5.37. The van der Waals surface area contributed by atoms with Gasteiger partial charge in [-0.15, -0.1) is 0 Å². The maximum Gasteiger partial charge on any atom is 0.229 e. The van der Waals surface area contributed by atoms with Crippen LogP contribution in [0.3, 0.4) is 0 Å². The lowest BCUT2D eigenvalue weighted by atomic mass is 9.94. The van der Waals surface area contributed by atoms with Crippen molar-refractivity contribution in [2.24, 2.45) is 11.8 Å². The molecule has 20 heavy (non-hydrogen) atoms. The third-order valence-corrected chi connectivity index (χ3v) is 4.21. The molecule has 0 aromatic rings. The molecule has 114 valence electrons. The lowest BCUT2D eigenvalue weighted by molar-refractivity contribution is -0.139. The number of carbonyl (C=O) groups excluding carboxylic acids is 2. The number of ether oxygens (including phenoxy) is 1. The normalized spacial score (nSPS) is 30.3. The number of likely N-dealkylation sites (N-methyl/N-ethyl adjacent to an activating group) is 1. The van der Waals surface area contributed by atoms with Crippen molar-refractivity contribution < 1.29 is 14.3 Å². The van der Waals surface area contributed by atoms with Crippen molar-refractivity contribution in [2.45, 2.75) is 25.8 Å². The Bertz CT molecular complexity index is 362. The minimum absolute atomic E-state index is 0.0356. The van der Waals surface area contributed by atoms with Gasteiger partial charge >= 0.3 is 0 Å². The fourth-order valence-corrected chi connectivity index (χ4v) is 3.09. The van der Waals surface area contributed by atoms with E-state index in [-0.39, 0.29) is 29.7 Å². The molecule has 0 radical (unpaired) electrons. The molecular weight excluding hydrogens is 258 g/mol. The summed E-state index contributed by atoms with van der Waals surface area (Å²) in [4.78, 5) is 26.2. The van der Waals surface area contributed by atoms with Gasteiger partial charge in [0.05, 0.1) is 25.0 Å². The molecule has 0 aromatic carbocycles. The molecule has 2 aliphatic rings. The number of hydrogen-bond acceptors (Lipinski definition) is 4. The van der Waals surface area contributed by atoms with Crippen LogP contribution < -0.4 is 10.6 Å². The molecule has 3 unspecified atom stereocenters. The molecule has 2 amide bonds. The van der Waals surface area contributed by atoms with Crippen molar-refractivity contribution in [3.05, 3.63) is 0 Å². The van der Waals surface area contributed by atoms with E-state index < -0.39 is 0 Å². The Morgan fingerprint density at radius 1 is 1.35 bits per heavy atom. The number of amides is 2. The third-order valence-electron chi connectivity index (χ3n) is 4.21. The summed E-state index contributed by atoms with van der Waals surface area (Å²) in [7, 11) is 1.65. The first-order valence-corrected chi connectivity index (χ1v) is 7.48. The van der Waals surface area contributed by atoms with Crippen LogP contribution in [0.15, 0.2) is 0 Å². The molecule has 6 nitrogen and oxygen atoms in total.